The fourth-order valence-corrected chi connectivity index (χ4v) is 2.09. The van der Waals surface area contributed by atoms with Gasteiger partial charge in [-0.1, -0.05) is 0 Å². The molecule has 1 amide bonds. The minimum absolute atomic E-state index is 0.0512. The highest BCUT2D eigenvalue weighted by Gasteiger charge is 2.52. The summed E-state index contributed by atoms with van der Waals surface area (Å²) < 4.78 is 9.72. The molecule has 0 heterocycles. The molecule has 0 aromatic carbocycles. The van der Waals surface area contributed by atoms with E-state index in [2.05, 4.69) is 5.32 Å². The van der Waals surface area contributed by atoms with Crippen LogP contribution in [0.25, 0.3) is 0 Å². The monoisotopic (exact) mass is 329 g/mol. The predicted octanol–water partition coefficient (Wildman–Crippen LogP) is 0.172. The van der Waals surface area contributed by atoms with Crippen LogP contribution in [0.3, 0.4) is 0 Å². The molecule has 0 aliphatic rings. The van der Waals surface area contributed by atoms with Crippen molar-refractivity contribution >= 4 is 29.4 Å². The smallest absolute Gasteiger partial charge is 0.343 e. The molecule has 0 aromatic rings. The molecule has 0 rings (SSSR count). The normalized spacial score (nSPS) is 10.9. The van der Waals surface area contributed by atoms with Crippen LogP contribution in [-0.2, 0) is 33.4 Å². The molecule has 0 aliphatic heterocycles. The third-order valence-electron chi connectivity index (χ3n) is 3.13. The fraction of sp³-hybridized carbons (Fsp3) is 0.667. The van der Waals surface area contributed by atoms with Crippen molar-refractivity contribution < 1.29 is 33.4 Å². The van der Waals surface area contributed by atoms with E-state index < -0.39 is 47.3 Å². The van der Waals surface area contributed by atoms with Gasteiger partial charge in [0.15, 0.2) is 0 Å². The van der Waals surface area contributed by atoms with Crippen LogP contribution >= 0.6 is 0 Å². The maximum atomic E-state index is 12.3. The van der Waals surface area contributed by atoms with Crippen LogP contribution in [-0.4, -0.2) is 48.2 Å². The maximum Gasteiger partial charge on any atom is 0.343 e. The Hall–Kier alpha value is -2.25. The van der Waals surface area contributed by atoms with Gasteiger partial charge < -0.3 is 14.8 Å². The lowest BCUT2D eigenvalue weighted by Gasteiger charge is -2.31. The summed E-state index contributed by atoms with van der Waals surface area (Å²) in [5.41, 5.74) is -2.24. The summed E-state index contributed by atoms with van der Waals surface area (Å²) in [6.45, 7) is 6.38. The van der Waals surface area contributed by atoms with Gasteiger partial charge in [-0.05, 0) is 27.7 Å². The molecule has 0 unspecified atom stereocenters. The van der Waals surface area contributed by atoms with E-state index in [9.17, 15) is 24.0 Å². The number of rotatable bonds is 9. The van der Waals surface area contributed by atoms with E-state index in [4.69, 9.17) is 9.47 Å². The molecule has 0 aliphatic carbocycles. The van der Waals surface area contributed by atoms with Crippen molar-refractivity contribution in [1.29, 1.82) is 0 Å². The molecular formula is C15H23NO7. The number of hydrogen-bond acceptors (Lipinski definition) is 7. The van der Waals surface area contributed by atoms with Gasteiger partial charge in [0.05, 0.1) is 19.1 Å². The molecule has 0 bridgehead atoms. The Bertz CT molecular complexity index is 466. The molecule has 23 heavy (non-hydrogen) atoms. The van der Waals surface area contributed by atoms with Crippen LogP contribution in [0.5, 0.6) is 0 Å². The summed E-state index contributed by atoms with van der Waals surface area (Å²) in [6, 6.07) is 0. The van der Waals surface area contributed by atoms with Gasteiger partial charge >= 0.3 is 11.9 Å². The van der Waals surface area contributed by atoms with E-state index in [-0.39, 0.29) is 13.2 Å². The van der Waals surface area contributed by atoms with Crippen molar-refractivity contribution in [2.75, 3.05) is 13.2 Å². The van der Waals surface area contributed by atoms with E-state index in [1.165, 1.54) is 27.7 Å². The number of hydrogen-bond donors (Lipinski definition) is 1. The molecule has 0 saturated heterocycles. The van der Waals surface area contributed by atoms with Crippen molar-refractivity contribution in [2.45, 2.75) is 46.6 Å². The van der Waals surface area contributed by atoms with Crippen LogP contribution in [0.4, 0.5) is 0 Å². The van der Waals surface area contributed by atoms with Gasteiger partial charge in [0.25, 0.3) is 0 Å². The molecule has 8 heteroatoms. The quantitative estimate of drug-likeness (QED) is 0.473. The molecule has 0 spiro atoms. The van der Waals surface area contributed by atoms with Gasteiger partial charge in [-0.2, -0.15) is 0 Å². The van der Waals surface area contributed by atoms with E-state index in [0.29, 0.717) is 0 Å². The summed E-state index contributed by atoms with van der Waals surface area (Å²) in [5, 5.41) is 2.21. The zero-order valence-corrected chi connectivity index (χ0v) is 14.1. The highest BCUT2D eigenvalue weighted by molar-refractivity contribution is 6.10. The number of Topliss-reactive ketones (excluding diaryl/α,β-unsaturated/α-hetero) is 2. The lowest BCUT2D eigenvalue weighted by molar-refractivity contribution is -0.169. The van der Waals surface area contributed by atoms with Gasteiger partial charge in [0.1, 0.15) is 11.6 Å². The second-order valence-corrected chi connectivity index (χ2v) is 5.01. The van der Waals surface area contributed by atoms with E-state index in [0.717, 1.165) is 6.92 Å². The third kappa shape index (κ3) is 5.46. The average molecular weight is 329 g/mol. The summed E-state index contributed by atoms with van der Waals surface area (Å²) in [4.78, 5) is 59.5. The molecule has 0 radical (unpaired) electrons. The molecule has 1 N–H and O–H groups in total. The lowest BCUT2D eigenvalue weighted by Crippen LogP contribution is -2.62. The zero-order valence-electron chi connectivity index (χ0n) is 14.1. The Kier molecular flexibility index (Phi) is 8.13. The lowest BCUT2D eigenvalue weighted by atomic mass is 9.83. The third-order valence-corrected chi connectivity index (χ3v) is 3.13. The molecule has 0 saturated carbocycles. The van der Waals surface area contributed by atoms with Crippen molar-refractivity contribution in [2.24, 2.45) is 5.92 Å². The first kappa shape index (κ1) is 20.8. The van der Waals surface area contributed by atoms with Crippen molar-refractivity contribution in [3.63, 3.8) is 0 Å². The summed E-state index contributed by atoms with van der Waals surface area (Å²) in [6.07, 6.45) is -0.547. The Labute approximate surface area is 134 Å². The van der Waals surface area contributed by atoms with Gasteiger partial charge in [-0.15, -0.1) is 0 Å². The zero-order chi connectivity index (χ0) is 18.2. The van der Waals surface area contributed by atoms with Crippen LogP contribution in [0.2, 0.25) is 0 Å². The Morgan fingerprint density at radius 1 is 0.870 bits per heavy atom. The van der Waals surface area contributed by atoms with E-state index in [1.54, 1.807) is 0 Å². The van der Waals surface area contributed by atoms with E-state index in [1.807, 2.05) is 0 Å². The van der Waals surface area contributed by atoms with Crippen LogP contribution in [0, 0.1) is 5.92 Å². The van der Waals surface area contributed by atoms with Crippen molar-refractivity contribution in [3.05, 3.63) is 0 Å². The Morgan fingerprint density at radius 2 is 1.26 bits per heavy atom. The second kappa shape index (κ2) is 9.02. The van der Waals surface area contributed by atoms with Gasteiger partial charge in [0, 0.05) is 13.3 Å². The number of amides is 1. The highest BCUT2D eigenvalue weighted by Crippen LogP contribution is 2.23. The summed E-state index contributed by atoms with van der Waals surface area (Å²) >= 11 is 0. The van der Waals surface area contributed by atoms with Crippen LogP contribution in [0.15, 0.2) is 0 Å². The molecule has 0 aromatic heterocycles. The number of ether oxygens (including phenoxy) is 2. The first-order chi connectivity index (χ1) is 10.6. The summed E-state index contributed by atoms with van der Waals surface area (Å²) in [7, 11) is 0. The topological polar surface area (TPSA) is 116 Å². The van der Waals surface area contributed by atoms with Gasteiger partial charge in [0.2, 0.25) is 11.4 Å². The minimum atomic E-state index is -2.24. The number of carbonyl (C=O) groups excluding carboxylic acids is 5. The molecule has 0 fully saturated rings. The number of ketones is 2. The predicted molar refractivity (Wildman–Crippen MR) is 79.3 cm³/mol. The summed E-state index contributed by atoms with van der Waals surface area (Å²) in [5.74, 6) is -5.13. The first-order valence-corrected chi connectivity index (χ1v) is 7.26. The average Bonchev–Trinajstić information content (AvgIpc) is 2.42. The first-order valence-electron chi connectivity index (χ1n) is 7.26. The minimum Gasteiger partial charge on any atom is -0.464 e. The largest absolute Gasteiger partial charge is 0.464 e. The molecule has 8 nitrogen and oxygen atoms in total. The SMILES string of the molecule is CCOC(=O)C(CC(C(C)=O)C(C)=O)(NC(C)=O)C(=O)OCC. The van der Waals surface area contributed by atoms with Crippen molar-refractivity contribution in [1.82, 2.24) is 5.32 Å². The van der Waals surface area contributed by atoms with Crippen molar-refractivity contribution in [3.8, 4) is 0 Å². The standard InChI is InChI=1S/C15H23NO7/c1-6-22-13(20)15(16-11(5)19,14(21)23-7-2)8-12(9(3)17)10(4)18/h12H,6-8H2,1-5H3,(H,16,19). The molecular weight excluding hydrogens is 306 g/mol. The van der Waals surface area contributed by atoms with Gasteiger partial charge in [-0.3, -0.25) is 14.4 Å². The number of esters is 2. The number of nitrogens with one attached hydrogen (secondary N) is 1. The van der Waals surface area contributed by atoms with Crippen LogP contribution in [0.1, 0.15) is 41.0 Å². The molecule has 0 atom stereocenters. The second-order valence-electron chi connectivity index (χ2n) is 5.01. The fourth-order valence-electron chi connectivity index (χ4n) is 2.09. The molecule has 130 valence electrons. The number of carbonyl (C=O) groups is 5. The Balaban J connectivity index is 6.00. The van der Waals surface area contributed by atoms with Crippen LogP contribution < -0.4 is 5.32 Å². The highest BCUT2D eigenvalue weighted by atomic mass is 16.6. The maximum absolute atomic E-state index is 12.3. The van der Waals surface area contributed by atoms with Gasteiger partial charge in [-0.25, -0.2) is 9.59 Å². The Morgan fingerprint density at radius 3 is 1.52 bits per heavy atom. The van der Waals surface area contributed by atoms with E-state index >= 15 is 0 Å².